The summed E-state index contributed by atoms with van der Waals surface area (Å²) in [5.41, 5.74) is 4.19. The minimum Gasteiger partial charge on any atom is -0.332 e. The molecule has 3 amide bonds. The van der Waals surface area contributed by atoms with Gasteiger partial charge in [-0.1, -0.05) is 56.3 Å². The molecule has 0 aliphatic rings. The number of anilines is 1. The Morgan fingerprint density at radius 2 is 1.59 bits per heavy atom. The Morgan fingerprint density at radius 3 is 2.15 bits per heavy atom. The first kappa shape index (κ1) is 25.5. The van der Waals surface area contributed by atoms with Gasteiger partial charge in [-0.3, -0.25) is 4.79 Å². The van der Waals surface area contributed by atoms with Crippen LogP contribution >= 0.6 is 11.3 Å². The Balaban J connectivity index is 1.74. The number of thiophene rings is 1. The molecule has 0 radical (unpaired) electrons. The average Bonchev–Trinajstić information content (AvgIpc) is 3.21. The highest BCUT2D eigenvalue weighted by molar-refractivity contribution is 7.10. The first-order valence-electron chi connectivity index (χ1n) is 11.8. The van der Waals surface area contributed by atoms with Crippen LogP contribution in [0, 0.1) is 6.92 Å². The molecule has 1 N–H and O–H groups in total. The molecular formula is C28H35N3O2S. The smallest absolute Gasteiger partial charge is 0.322 e. The molecule has 0 atom stereocenters. The molecule has 0 aliphatic carbocycles. The highest BCUT2D eigenvalue weighted by Gasteiger charge is 2.24. The molecule has 5 nitrogen and oxygen atoms in total. The molecule has 0 aliphatic heterocycles. The number of urea groups is 1. The third-order valence-corrected chi connectivity index (χ3v) is 6.90. The molecule has 180 valence electrons. The van der Waals surface area contributed by atoms with Gasteiger partial charge in [-0.15, -0.1) is 11.3 Å². The third kappa shape index (κ3) is 6.94. The van der Waals surface area contributed by atoms with Crippen LogP contribution in [0.4, 0.5) is 10.5 Å². The molecule has 0 saturated heterocycles. The number of amides is 3. The molecule has 1 aromatic heterocycles. The van der Waals surface area contributed by atoms with Crippen molar-refractivity contribution in [2.75, 3.05) is 11.9 Å². The highest BCUT2D eigenvalue weighted by Crippen LogP contribution is 2.21. The zero-order chi connectivity index (χ0) is 24.7. The zero-order valence-electron chi connectivity index (χ0n) is 20.7. The van der Waals surface area contributed by atoms with Crippen LogP contribution in [-0.2, 0) is 17.9 Å². The number of carbonyl (C=O) groups excluding carboxylic acids is 2. The molecule has 0 bridgehead atoms. The van der Waals surface area contributed by atoms with Crippen molar-refractivity contribution >= 4 is 29.0 Å². The van der Waals surface area contributed by atoms with Crippen LogP contribution in [0.2, 0.25) is 0 Å². The molecule has 1 heterocycles. The predicted octanol–water partition coefficient (Wildman–Crippen LogP) is 6.65. The van der Waals surface area contributed by atoms with Gasteiger partial charge in [-0.05, 0) is 67.0 Å². The van der Waals surface area contributed by atoms with E-state index >= 15 is 0 Å². The average molecular weight is 478 g/mol. The molecular weight excluding hydrogens is 442 g/mol. The van der Waals surface area contributed by atoms with Gasteiger partial charge in [0, 0.05) is 23.2 Å². The Labute approximate surface area is 207 Å². The van der Waals surface area contributed by atoms with Gasteiger partial charge in [0.25, 0.3) is 0 Å². The van der Waals surface area contributed by atoms with Crippen LogP contribution < -0.4 is 5.32 Å². The van der Waals surface area contributed by atoms with E-state index in [1.54, 1.807) is 16.2 Å². The number of benzene rings is 2. The lowest BCUT2D eigenvalue weighted by Gasteiger charge is -2.30. The number of aryl methyl sites for hydroxylation is 1. The number of nitrogens with one attached hydrogen (secondary N) is 1. The maximum absolute atomic E-state index is 13.5. The Morgan fingerprint density at radius 1 is 0.912 bits per heavy atom. The summed E-state index contributed by atoms with van der Waals surface area (Å²) >= 11 is 1.66. The number of nitrogens with zero attached hydrogens (tertiary/aromatic N) is 2. The molecule has 34 heavy (non-hydrogen) atoms. The summed E-state index contributed by atoms with van der Waals surface area (Å²) < 4.78 is 0. The SMILES string of the molecule is Cc1ccsc1CN(Cc1ccccc1)C(=O)CN(C(=O)Nc1ccc(C(C)C)cc1)C(C)C. The zero-order valence-corrected chi connectivity index (χ0v) is 21.6. The van der Waals surface area contributed by atoms with Crippen molar-refractivity contribution in [2.45, 2.75) is 59.7 Å². The van der Waals surface area contributed by atoms with Crippen molar-refractivity contribution in [1.29, 1.82) is 0 Å². The lowest BCUT2D eigenvalue weighted by atomic mass is 10.0. The second-order valence-electron chi connectivity index (χ2n) is 9.19. The minimum atomic E-state index is -0.271. The van der Waals surface area contributed by atoms with Crippen LogP contribution in [0.15, 0.2) is 66.0 Å². The van der Waals surface area contributed by atoms with Crippen molar-refractivity contribution < 1.29 is 9.59 Å². The van der Waals surface area contributed by atoms with E-state index in [2.05, 4.69) is 32.2 Å². The van der Waals surface area contributed by atoms with Gasteiger partial charge >= 0.3 is 6.03 Å². The summed E-state index contributed by atoms with van der Waals surface area (Å²) in [5.74, 6) is 0.354. The van der Waals surface area contributed by atoms with E-state index in [0.29, 0.717) is 19.0 Å². The van der Waals surface area contributed by atoms with E-state index in [4.69, 9.17) is 0 Å². The summed E-state index contributed by atoms with van der Waals surface area (Å²) in [6.45, 7) is 11.2. The predicted molar refractivity (Wildman–Crippen MR) is 141 cm³/mol. The Hall–Kier alpha value is -3.12. The number of hydrogen-bond donors (Lipinski definition) is 1. The van der Waals surface area contributed by atoms with Crippen LogP contribution in [0.1, 0.15) is 55.2 Å². The summed E-state index contributed by atoms with van der Waals surface area (Å²) in [5, 5.41) is 5.01. The standard InChI is InChI=1S/C28H35N3O2S/c1-20(2)24-11-13-25(14-12-24)29-28(33)31(21(3)4)19-27(32)30(17-23-9-7-6-8-10-23)18-26-22(5)15-16-34-26/h6-16,20-21H,17-19H2,1-5H3,(H,29,33). The molecule has 0 saturated carbocycles. The minimum absolute atomic E-state index is 0.0187. The molecule has 3 aromatic rings. The number of carbonyl (C=O) groups is 2. The van der Waals surface area contributed by atoms with Gasteiger partial charge in [-0.25, -0.2) is 4.79 Å². The molecule has 6 heteroatoms. The highest BCUT2D eigenvalue weighted by atomic mass is 32.1. The van der Waals surface area contributed by atoms with Gasteiger partial charge in [0.05, 0.1) is 6.54 Å². The van der Waals surface area contributed by atoms with Crippen molar-refractivity contribution in [3.63, 3.8) is 0 Å². The van der Waals surface area contributed by atoms with Crippen LogP contribution in [0.5, 0.6) is 0 Å². The molecule has 2 aromatic carbocycles. The van der Waals surface area contributed by atoms with E-state index in [1.807, 2.05) is 78.7 Å². The van der Waals surface area contributed by atoms with Crippen LogP contribution in [-0.4, -0.2) is 34.3 Å². The third-order valence-electron chi connectivity index (χ3n) is 5.89. The topological polar surface area (TPSA) is 52.7 Å². The molecule has 0 fully saturated rings. The van der Waals surface area contributed by atoms with Gasteiger partial charge in [-0.2, -0.15) is 0 Å². The fourth-order valence-electron chi connectivity index (χ4n) is 3.66. The van der Waals surface area contributed by atoms with E-state index in [-0.39, 0.29) is 24.5 Å². The fourth-order valence-corrected chi connectivity index (χ4v) is 4.58. The number of hydrogen-bond acceptors (Lipinski definition) is 3. The van der Waals surface area contributed by atoms with E-state index in [0.717, 1.165) is 16.1 Å². The van der Waals surface area contributed by atoms with Gasteiger partial charge in [0.2, 0.25) is 5.91 Å². The summed E-state index contributed by atoms with van der Waals surface area (Å²) in [6, 6.07) is 19.5. The monoisotopic (exact) mass is 477 g/mol. The van der Waals surface area contributed by atoms with E-state index in [1.165, 1.54) is 11.1 Å². The van der Waals surface area contributed by atoms with Gasteiger partial charge in [0.1, 0.15) is 6.54 Å². The van der Waals surface area contributed by atoms with Gasteiger partial charge in [0.15, 0.2) is 0 Å². The van der Waals surface area contributed by atoms with Crippen molar-refractivity contribution in [3.05, 3.63) is 87.6 Å². The van der Waals surface area contributed by atoms with Gasteiger partial charge < -0.3 is 15.1 Å². The molecule has 0 spiro atoms. The summed E-state index contributed by atoms with van der Waals surface area (Å²) in [6.07, 6.45) is 0. The van der Waals surface area contributed by atoms with Crippen molar-refractivity contribution in [1.82, 2.24) is 9.80 Å². The van der Waals surface area contributed by atoms with Crippen LogP contribution in [0.3, 0.4) is 0 Å². The largest absolute Gasteiger partial charge is 0.332 e. The second kappa shape index (κ2) is 11.8. The van der Waals surface area contributed by atoms with E-state index < -0.39 is 0 Å². The lowest BCUT2D eigenvalue weighted by Crippen LogP contribution is -2.47. The van der Waals surface area contributed by atoms with Crippen LogP contribution in [0.25, 0.3) is 0 Å². The summed E-state index contributed by atoms with van der Waals surface area (Å²) in [7, 11) is 0. The quantitative estimate of drug-likeness (QED) is 0.375. The number of rotatable bonds is 9. The Bertz CT molecular complexity index is 1070. The first-order chi connectivity index (χ1) is 16.2. The molecule has 0 unspecified atom stereocenters. The maximum Gasteiger partial charge on any atom is 0.322 e. The summed E-state index contributed by atoms with van der Waals surface area (Å²) in [4.78, 5) is 31.2. The maximum atomic E-state index is 13.5. The fraction of sp³-hybridized carbons (Fsp3) is 0.357. The second-order valence-corrected chi connectivity index (χ2v) is 10.2. The van der Waals surface area contributed by atoms with Crippen molar-refractivity contribution in [3.8, 4) is 0 Å². The Kier molecular flexibility index (Phi) is 8.88. The van der Waals surface area contributed by atoms with Crippen molar-refractivity contribution in [2.24, 2.45) is 0 Å². The lowest BCUT2D eigenvalue weighted by molar-refractivity contribution is -0.133. The van der Waals surface area contributed by atoms with E-state index in [9.17, 15) is 9.59 Å². The molecule has 3 rings (SSSR count). The first-order valence-corrected chi connectivity index (χ1v) is 12.6. The normalized spacial score (nSPS) is 11.0.